The molecule has 162 valence electrons. The predicted molar refractivity (Wildman–Crippen MR) is 118 cm³/mol. The van der Waals surface area contributed by atoms with Crippen LogP contribution < -0.4 is 10.1 Å². The molecule has 7 nitrogen and oxygen atoms in total. The van der Waals surface area contributed by atoms with Crippen molar-refractivity contribution in [3.05, 3.63) is 76.7 Å². The second-order valence-electron chi connectivity index (χ2n) is 7.13. The molecular weight excluding hydrogens is 394 g/mol. The van der Waals surface area contributed by atoms with E-state index in [1.54, 1.807) is 53.4 Å². The zero-order valence-electron chi connectivity index (χ0n) is 18.3. The van der Waals surface area contributed by atoms with Crippen LogP contribution in [0.5, 0.6) is 5.75 Å². The maximum absolute atomic E-state index is 12.6. The fraction of sp³-hybridized carbons (Fsp3) is 0.292. The fourth-order valence-electron chi connectivity index (χ4n) is 3.19. The second-order valence-corrected chi connectivity index (χ2v) is 7.13. The van der Waals surface area contributed by atoms with E-state index in [4.69, 9.17) is 9.26 Å². The molecule has 3 aromatic rings. The number of ether oxygens (including phenoxy) is 1. The maximum atomic E-state index is 12.6. The van der Waals surface area contributed by atoms with Gasteiger partial charge in [-0.25, -0.2) is 0 Å². The summed E-state index contributed by atoms with van der Waals surface area (Å²) in [4.78, 5) is 26.9. The van der Waals surface area contributed by atoms with Crippen LogP contribution in [0, 0.1) is 13.8 Å². The molecule has 0 atom stereocenters. The number of nitrogens with one attached hydrogen (secondary N) is 1. The highest BCUT2D eigenvalue weighted by Crippen LogP contribution is 2.19. The number of amides is 2. The number of hydrogen-bond donors (Lipinski definition) is 1. The van der Waals surface area contributed by atoms with Crippen molar-refractivity contribution in [3.8, 4) is 5.75 Å². The van der Waals surface area contributed by atoms with Crippen molar-refractivity contribution in [3.63, 3.8) is 0 Å². The van der Waals surface area contributed by atoms with E-state index >= 15 is 0 Å². The predicted octanol–water partition coefficient (Wildman–Crippen LogP) is 4.60. The Hall–Kier alpha value is -3.61. The quantitative estimate of drug-likeness (QED) is 0.574. The number of aryl methyl sites for hydroxylation is 2. The Kier molecular flexibility index (Phi) is 7.07. The van der Waals surface area contributed by atoms with Crippen molar-refractivity contribution in [1.29, 1.82) is 0 Å². The third-order valence-corrected chi connectivity index (χ3v) is 5.10. The average molecular weight is 421 g/mol. The van der Waals surface area contributed by atoms with E-state index < -0.39 is 0 Å². The van der Waals surface area contributed by atoms with Crippen molar-refractivity contribution in [2.24, 2.45) is 0 Å². The number of anilines is 1. The number of rotatable bonds is 8. The van der Waals surface area contributed by atoms with Crippen LogP contribution in [0.4, 0.5) is 5.69 Å². The van der Waals surface area contributed by atoms with E-state index in [1.165, 1.54) is 0 Å². The van der Waals surface area contributed by atoms with Crippen LogP contribution in [0.3, 0.4) is 0 Å². The molecule has 1 N–H and O–H groups in total. The van der Waals surface area contributed by atoms with Gasteiger partial charge in [0, 0.05) is 29.9 Å². The standard InChI is InChI=1S/C24H27N3O4/c1-5-27(6-2)24(29)19-8-7-9-20(14-19)25-23(28)18-10-12-21(13-11-18)30-15-22-16(3)26-31-17(22)4/h7-14H,5-6,15H2,1-4H3,(H,25,28). The van der Waals surface area contributed by atoms with Crippen LogP contribution in [0.15, 0.2) is 53.1 Å². The first-order chi connectivity index (χ1) is 14.9. The molecule has 2 amide bonds. The normalized spacial score (nSPS) is 10.6. The number of hydrogen-bond acceptors (Lipinski definition) is 5. The molecule has 0 radical (unpaired) electrons. The van der Waals surface area contributed by atoms with Gasteiger partial charge in [0.25, 0.3) is 11.8 Å². The molecule has 0 unspecified atom stereocenters. The third kappa shape index (κ3) is 5.31. The lowest BCUT2D eigenvalue weighted by Crippen LogP contribution is -2.30. The molecule has 1 aromatic heterocycles. The SMILES string of the molecule is CCN(CC)C(=O)c1cccc(NC(=O)c2ccc(OCc3c(C)noc3C)cc2)c1. The topological polar surface area (TPSA) is 84.7 Å². The summed E-state index contributed by atoms with van der Waals surface area (Å²) in [7, 11) is 0. The van der Waals surface area contributed by atoms with Gasteiger partial charge in [-0.15, -0.1) is 0 Å². The Morgan fingerprint density at radius 1 is 1.03 bits per heavy atom. The molecule has 1 heterocycles. The van der Waals surface area contributed by atoms with Gasteiger partial charge in [-0.2, -0.15) is 0 Å². The highest BCUT2D eigenvalue weighted by atomic mass is 16.5. The molecule has 31 heavy (non-hydrogen) atoms. The summed E-state index contributed by atoms with van der Waals surface area (Å²) in [5, 5.41) is 6.76. The van der Waals surface area contributed by atoms with Gasteiger partial charge in [-0.05, 0) is 70.2 Å². The lowest BCUT2D eigenvalue weighted by Gasteiger charge is -2.19. The van der Waals surface area contributed by atoms with Crippen molar-refractivity contribution in [1.82, 2.24) is 10.1 Å². The maximum Gasteiger partial charge on any atom is 0.255 e. The molecule has 0 aliphatic heterocycles. The number of aromatic nitrogens is 1. The lowest BCUT2D eigenvalue weighted by molar-refractivity contribution is 0.0772. The van der Waals surface area contributed by atoms with Gasteiger partial charge in [0.2, 0.25) is 0 Å². The second kappa shape index (κ2) is 9.93. The summed E-state index contributed by atoms with van der Waals surface area (Å²) in [6.07, 6.45) is 0. The Morgan fingerprint density at radius 3 is 2.35 bits per heavy atom. The van der Waals surface area contributed by atoms with Gasteiger partial charge in [0.05, 0.1) is 11.3 Å². The number of carbonyl (C=O) groups is 2. The number of benzene rings is 2. The summed E-state index contributed by atoms with van der Waals surface area (Å²) in [5.74, 6) is 1.06. The first kappa shape index (κ1) is 22.1. The van der Waals surface area contributed by atoms with Gasteiger partial charge >= 0.3 is 0 Å². The van der Waals surface area contributed by atoms with Crippen molar-refractivity contribution in [2.75, 3.05) is 18.4 Å². The van der Waals surface area contributed by atoms with Crippen LogP contribution in [0.2, 0.25) is 0 Å². The van der Waals surface area contributed by atoms with Crippen molar-refractivity contribution >= 4 is 17.5 Å². The van der Waals surface area contributed by atoms with Crippen molar-refractivity contribution < 1.29 is 18.8 Å². The Bertz CT molecular complexity index is 1030. The average Bonchev–Trinajstić information content (AvgIpc) is 3.10. The van der Waals surface area contributed by atoms with Crippen LogP contribution in [-0.2, 0) is 6.61 Å². The molecule has 7 heteroatoms. The van der Waals surface area contributed by atoms with E-state index in [2.05, 4.69) is 10.5 Å². The van der Waals surface area contributed by atoms with Gasteiger partial charge < -0.3 is 19.5 Å². The van der Waals surface area contributed by atoms with E-state index in [9.17, 15) is 9.59 Å². The zero-order chi connectivity index (χ0) is 22.4. The smallest absolute Gasteiger partial charge is 0.255 e. The Morgan fingerprint density at radius 2 is 1.74 bits per heavy atom. The van der Waals surface area contributed by atoms with Crippen LogP contribution in [0.25, 0.3) is 0 Å². The minimum atomic E-state index is -0.260. The molecule has 0 aliphatic carbocycles. The van der Waals surface area contributed by atoms with Crippen LogP contribution in [0.1, 0.15) is 51.6 Å². The molecule has 0 aliphatic rings. The number of nitrogens with zero attached hydrogens (tertiary/aromatic N) is 2. The van der Waals surface area contributed by atoms with Gasteiger partial charge in [0.1, 0.15) is 18.1 Å². The molecule has 0 saturated carbocycles. The molecule has 0 spiro atoms. The monoisotopic (exact) mass is 421 g/mol. The minimum Gasteiger partial charge on any atom is -0.489 e. The molecule has 0 fully saturated rings. The van der Waals surface area contributed by atoms with E-state index in [1.807, 2.05) is 27.7 Å². The van der Waals surface area contributed by atoms with E-state index in [0.29, 0.717) is 42.3 Å². The largest absolute Gasteiger partial charge is 0.489 e. The Labute approximate surface area is 182 Å². The van der Waals surface area contributed by atoms with Gasteiger partial charge in [0.15, 0.2) is 0 Å². The summed E-state index contributed by atoms with van der Waals surface area (Å²) < 4.78 is 10.9. The van der Waals surface area contributed by atoms with Crippen LogP contribution in [-0.4, -0.2) is 35.0 Å². The highest BCUT2D eigenvalue weighted by molar-refractivity contribution is 6.05. The summed E-state index contributed by atoms with van der Waals surface area (Å²) in [6, 6.07) is 13.9. The fourth-order valence-corrected chi connectivity index (χ4v) is 3.19. The van der Waals surface area contributed by atoms with E-state index in [0.717, 1.165) is 17.0 Å². The molecule has 0 saturated heterocycles. The van der Waals surface area contributed by atoms with E-state index in [-0.39, 0.29) is 11.8 Å². The first-order valence-electron chi connectivity index (χ1n) is 10.3. The summed E-state index contributed by atoms with van der Waals surface area (Å²) >= 11 is 0. The minimum absolute atomic E-state index is 0.0547. The highest BCUT2D eigenvalue weighted by Gasteiger charge is 2.14. The molecule has 3 rings (SSSR count). The zero-order valence-corrected chi connectivity index (χ0v) is 18.3. The van der Waals surface area contributed by atoms with Crippen LogP contribution >= 0.6 is 0 Å². The van der Waals surface area contributed by atoms with Crippen molar-refractivity contribution in [2.45, 2.75) is 34.3 Å². The van der Waals surface area contributed by atoms with Gasteiger partial charge in [-0.1, -0.05) is 11.2 Å². The molecule has 2 aromatic carbocycles. The summed E-state index contributed by atoms with van der Waals surface area (Å²) in [6.45, 7) is 9.21. The molecular formula is C24H27N3O4. The Balaban J connectivity index is 1.63. The molecule has 0 bridgehead atoms. The summed E-state index contributed by atoms with van der Waals surface area (Å²) in [5.41, 5.74) is 3.33. The lowest BCUT2D eigenvalue weighted by atomic mass is 10.1. The third-order valence-electron chi connectivity index (χ3n) is 5.10. The van der Waals surface area contributed by atoms with Gasteiger partial charge in [-0.3, -0.25) is 9.59 Å². The first-order valence-corrected chi connectivity index (χ1v) is 10.3. The number of carbonyl (C=O) groups excluding carboxylic acids is 2.